The van der Waals surface area contributed by atoms with Gasteiger partial charge in [-0.2, -0.15) is 0 Å². The fourth-order valence-electron chi connectivity index (χ4n) is 0.986. The molecular formula is C11H14N2O3S. The van der Waals surface area contributed by atoms with Gasteiger partial charge in [-0.15, -0.1) is 11.3 Å². The molecule has 6 heteroatoms. The van der Waals surface area contributed by atoms with Gasteiger partial charge in [0.05, 0.1) is 6.61 Å². The van der Waals surface area contributed by atoms with Gasteiger partial charge in [0.1, 0.15) is 5.69 Å². The van der Waals surface area contributed by atoms with Crippen LogP contribution in [0.4, 0.5) is 0 Å². The Labute approximate surface area is 104 Å². The van der Waals surface area contributed by atoms with Crippen molar-refractivity contribution in [2.75, 3.05) is 13.2 Å². The molecule has 17 heavy (non-hydrogen) atoms. The van der Waals surface area contributed by atoms with Crippen LogP contribution in [0, 0.1) is 0 Å². The minimum Gasteiger partial charge on any atom is -0.461 e. The average molecular weight is 254 g/mol. The Morgan fingerprint density at radius 1 is 1.59 bits per heavy atom. The normalized spacial score (nSPS) is 9.76. The Bertz CT molecular complexity index is 440. The SMILES string of the molecule is C=C(C)CNC(=O)c1csc(C(=O)OCC)n1. The van der Waals surface area contributed by atoms with Crippen molar-refractivity contribution in [1.29, 1.82) is 0 Å². The molecule has 0 bridgehead atoms. The van der Waals surface area contributed by atoms with Crippen molar-refractivity contribution in [3.05, 3.63) is 28.2 Å². The first-order valence-corrected chi connectivity index (χ1v) is 5.97. The monoisotopic (exact) mass is 254 g/mol. The van der Waals surface area contributed by atoms with Crippen LogP contribution in [0.5, 0.6) is 0 Å². The van der Waals surface area contributed by atoms with Crippen LogP contribution in [0.3, 0.4) is 0 Å². The van der Waals surface area contributed by atoms with Gasteiger partial charge in [0.2, 0.25) is 5.01 Å². The Morgan fingerprint density at radius 2 is 2.29 bits per heavy atom. The molecule has 1 heterocycles. The molecule has 0 aliphatic heterocycles. The summed E-state index contributed by atoms with van der Waals surface area (Å²) in [6, 6.07) is 0. The summed E-state index contributed by atoms with van der Waals surface area (Å²) >= 11 is 1.09. The Balaban J connectivity index is 2.64. The second-order valence-electron chi connectivity index (χ2n) is 3.40. The molecule has 0 atom stereocenters. The molecule has 0 fully saturated rings. The molecule has 5 nitrogen and oxygen atoms in total. The summed E-state index contributed by atoms with van der Waals surface area (Å²) in [5, 5.41) is 4.35. The van der Waals surface area contributed by atoms with Gasteiger partial charge in [-0.25, -0.2) is 9.78 Å². The van der Waals surface area contributed by atoms with Crippen LogP contribution < -0.4 is 5.32 Å². The summed E-state index contributed by atoms with van der Waals surface area (Å²) < 4.78 is 4.78. The lowest BCUT2D eigenvalue weighted by Crippen LogP contribution is -2.25. The van der Waals surface area contributed by atoms with E-state index in [-0.39, 0.29) is 23.2 Å². The molecule has 1 rings (SSSR count). The van der Waals surface area contributed by atoms with Crippen molar-refractivity contribution in [2.24, 2.45) is 0 Å². The summed E-state index contributed by atoms with van der Waals surface area (Å²) in [4.78, 5) is 26.8. The van der Waals surface area contributed by atoms with Gasteiger partial charge in [-0.1, -0.05) is 12.2 Å². The molecule has 92 valence electrons. The number of esters is 1. The fraction of sp³-hybridized carbons (Fsp3) is 0.364. The number of rotatable bonds is 5. The fourth-order valence-corrected chi connectivity index (χ4v) is 1.68. The number of thiazole rings is 1. The molecule has 1 N–H and O–H groups in total. The number of amides is 1. The minimum absolute atomic E-state index is 0.187. The molecule has 1 amide bonds. The Hall–Kier alpha value is -1.69. The van der Waals surface area contributed by atoms with E-state index in [1.165, 1.54) is 5.38 Å². The van der Waals surface area contributed by atoms with Crippen LogP contribution in [-0.2, 0) is 4.74 Å². The van der Waals surface area contributed by atoms with Gasteiger partial charge in [-0.3, -0.25) is 4.79 Å². The standard InChI is InChI=1S/C11H14N2O3S/c1-4-16-11(15)10-13-8(6-17-10)9(14)12-5-7(2)3/h6H,2,4-5H2,1,3H3,(H,12,14). The maximum atomic E-state index is 11.6. The zero-order valence-electron chi connectivity index (χ0n) is 9.78. The number of nitrogens with one attached hydrogen (secondary N) is 1. The Kier molecular flexibility index (Phi) is 4.84. The zero-order chi connectivity index (χ0) is 12.8. The second kappa shape index (κ2) is 6.15. The number of hydrogen-bond acceptors (Lipinski definition) is 5. The van der Waals surface area contributed by atoms with Crippen LogP contribution in [0.25, 0.3) is 0 Å². The third-order valence-corrected chi connectivity index (χ3v) is 2.56. The lowest BCUT2D eigenvalue weighted by Gasteiger charge is -2.01. The van der Waals surface area contributed by atoms with Gasteiger partial charge in [0.15, 0.2) is 0 Å². The number of aromatic nitrogens is 1. The van der Waals surface area contributed by atoms with Crippen LogP contribution in [0.2, 0.25) is 0 Å². The summed E-state index contributed by atoms with van der Waals surface area (Å²) in [6.07, 6.45) is 0. The summed E-state index contributed by atoms with van der Waals surface area (Å²) in [5.74, 6) is -0.823. The van der Waals surface area contributed by atoms with E-state index in [2.05, 4.69) is 16.9 Å². The first-order chi connectivity index (χ1) is 8.04. The van der Waals surface area contributed by atoms with E-state index in [1.807, 2.05) is 6.92 Å². The topological polar surface area (TPSA) is 68.3 Å². The van der Waals surface area contributed by atoms with E-state index < -0.39 is 5.97 Å². The number of nitrogens with zero attached hydrogens (tertiary/aromatic N) is 1. The molecule has 0 aromatic carbocycles. The maximum absolute atomic E-state index is 11.6. The third kappa shape index (κ3) is 3.99. The van der Waals surface area contributed by atoms with Gasteiger partial charge < -0.3 is 10.1 Å². The van der Waals surface area contributed by atoms with Crippen LogP contribution in [0.15, 0.2) is 17.5 Å². The number of carbonyl (C=O) groups excluding carboxylic acids is 2. The average Bonchev–Trinajstić information content (AvgIpc) is 2.75. The maximum Gasteiger partial charge on any atom is 0.367 e. The highest BCUT2D eigenvalue weighted by molar-refractivity contribution is 7.11. The molecule has 0 saturated heterocycles. The molecule has 0 spiro atoms. The summed E-state index contributed by atoms with van der Waals surface area (Å²) in [5.41, 5.74) is 1.07. The molecule has 0 radical (unpaired) electrons. The van der Waals surface area contributed by atoms with E-state index in [9.17, 15) is 9.59 Å². The molecule has 0 aliphatic carbocycles. The van der Waals surface area contributed by atoms with E-state index in [4.69, 9.17) is 4.74 Å². The van der Waals surface area contributed by atoms with Crippen molar-refractivity contribution in [2.45, 2.75) is 13.8 Å². The molecule has 0 saturated carbocycles. The van der Waals surface area contributed by atoms with E-state index in [0.717, 1.165) is 16.9 Å². The van der Waals surface area contributed by atoms with E-state index >= 15 is 0 Å². The largest absolute Gasteiger partial charge is 0.461 e. The lowest BCUT2D eigenvalue weighted by atomic mass is 10.3. The summed E-state index contributed by atoms with van der Waals surface area (Å²) in [7, 11) is 0. The molecule has 1 aromatic rings. The minimum atomic E-state index is -0.503. The predicted molar refractivity (Wildman–Crippen MR) is 65.2 cm³/mol. The van der Waals surface area contributed by atoms with Gasteiger partial charge in [-0.05, 0) is 13.8 Å². The first-order valence-electron chi connectivity index (χ1n) is 5.09. The van der Waals surface area contributed by atoms with Crippen molar-refractivity contribution in [3.63, 3.8) is 0 Å². The van der Waals surface area contributed by atoms with E-state index in [1.54, 1.807) is 6.92 Å². The zero-order valence-corrected chi connectivity index (χ0v) is 10.6. The first kappa shape index (κ1) is 13.4. The van der Waals surface area contributed by atoms with Crippen molar-refractivity contribution < 1.29 is 14.3 Å². The Morgan fingerprint density at radius 3 is 2.88 bits per heavy atom. The highest BCUT2D eigenvalue weighted by atomic mass is 32.1. The second-order valence-corrected chi connectivity index (χ2v) is 4.26. The van der Waals surface area contributed by atoms with Crippen LogP contribution in [0.1, 0.15) is 34.1 Å². The summed E-state index contributed by atoms with van der Waals surface area (Å²) in [6.45, 7) is 7.88. The number of carbonyl (C=O) groups is 2. The van der Waals surface area contributed by atoms with Crippen LogP contribution >= 0.6 is 11.3 Å². The van der Waals surface area contributed by atoms with Crippen LogP contribution in [-0.4, -0.2) is 30.0 Å². The van der Waals surface area contributed by atoms with Crippen molar-refractivity contribution >= 4 is 23.2 Å². The van der Waals surface area contributed by atoms with E-state index in [0.29, 0.717) is 6.54 Å². The quantitative estimate of drug-likeness (QED) is 0.640. The molecular weight excluding hydrogens is 240 g/mol. The van der Waals surface area contributed by atoms with Gasteiger partial charge in [0, 0.05) is 11.9 Å². The lowest BCUT2D eigenvalue weighted by molar-refractivity contribution is 0.0526. The molecule has 0 aliphatic rings. The molecule has 0 unspecified atom stereocenters. The highest BCUT2D eigenvalue weighted by Gasteiger charge is 2.15. The van der Waals surface area contributed by atoms with Crippen molar-refractivity contribution in [3.8, 4) is 0 Å². The predicted octanol–water partition coefficient (Wildman–Crippen LogP) is 1.63. The van der Waals surface area contributed by atoms with Gasteiger partial charge >= 0.3 is 5.97 Å². The smallest absolute Gasteiger partial charge is 0.367 e. The third-order valence-electron chi connectivity index (χ3n) is 1.74. The number of hydrogen-bond donors (Lipinski definition) is 1. The number of ether oxygens (including phenoxy) is 1. The van der Waals surface area contributed by atoms with Gasteiger partial charge in [0.25, 0.3) is 5.91 Å². The van der Waals surface area contributed by atoms with Crippen molar-refractivity contribution in [1.82, 2.24) is 10.3 Å². The highest BCUT2D eigenvalue weighted by Crippen LogP contribution is 2.11. The molecule has 1 aromatic heterocycles.